The number of amides is 4. The number of hydrogen-bond donors (Lipinski definition) is 2. The summed E-state index contributed by atoms with van der Waals surface area (Å²) in [5, 5.41) is 19.8. The molecular weight excluding hydrogens is 540 g/mol. The number of ether oxygens (including phenoxy) is 1. The molecule has 6 rings (SSSR count). The second-order valence-corrected chi connectivity index (χ2v) is 11.8. The number of fused-ring (bicyclic) bond motifs is 4. The zero-order chi connectivity index (χ0) is 29.9. The molecule has 2 N–H and O–H groups in total. The minimum Gasteiger partial charge on any atom is -0.504 e. The minimum atomic E-state index is -1.21. The Morgan fingerprint density at radius 3 is 2.43 bits per heavy atom. The van der Waals surface area contributed by atoms with E-state index < -0.39 is 41.0 Å². The van der Waals surface area contributed by atoms with E-state index in [1.54, 1.807) is 55.5 Å². The minimum absolute atomic E-state index is 0.0230. The van der Waals surface area contributed by atoms with Gasteiger partial charge in [-0.1, -0.05) is 35.9 Å². The van der Waals surface area contributed by atoms with Crippen molar-refractivity contribution >= 4 is 35.3 Å². The van der Waals surface area contributed by atoms with E-state index in [-0.39, 0.29) is 60.9 Å². The molecule has 42 heavy (non-hydrogen) atoms. The number of aliphatic carboxylic acids is 1. The van der Waals surface area contributed by atoms with Crippen LogP contribution in [-0.2, 0) is 24.0 Å². The zero-order valence-corrected chi connectivity index (χ0v) is 23.4. The summed E-state index contributed by atoms with van der Waals surface area (Å²) >= 11 is 0. The van der Waals surface area contributed by atoms with Crippen LogP contribution in [0.15, 0.2) is 60.2 Å². The summed E-state index contributed by atoms with van der Waals surface area (Å²) in [7, 11) is 1.44. The standard InChI is InChI=1S/C32H32N2O8/c1-32-22(29(39)34(31(32)41)18-7-4-3-5-8-18)16-21-19(27(32)17-10-13-24(42-2)23(35)15-17)11-12-20-26(21)30(40)33(28(20)38)14-6-9-25(36)37/h3-5,7-8,10-11,13,15,20-22,26-27,35H,6,9,12,14,16H2,1-2H3,(H,36,37)/t20-,21+,22-,26-,27-,32+/m0/s1. The van der Waals surface area contributed by atoms with Crippen LogP contribution in [0.3, 0.4) is 0 Å². The third-order valence-electron chi connectivity index (χ3n) is 9.69. The molecule has 2 aliphatic heterocycles. The van der Waals surface area contributed by atoms with Crippen molar-refractivity contribution in [1.29, 1.82) is 0 Å². The first-order chi connectivity index (χ1) is 20.1. The number of allylic oxidation sites excluding steroid dienone is 2. The summed E-state index contributed by atoms with van der Waals surface area (Å²) in [6, 6.07) is 13.7. The molecule has 2 saturated heterocycles. The Kier molecular flexibility index (Phi) is 6.67. The molecule has 0 unspecified atom stereocenters. The van der Waals surface area contributed by atoms with Gasteiger partial charge in [-0.05, 0) is 61.9 Å². The number of hydrogen-bond acceptors (Lipinski definition) is 7. The van der Waals surface area contributed by atoms with Gasteiger partial charge < -0.3 is 14.9 Å². The van der Waals surface area contributed by atoms with Crippen molar-refractivity contribution in [3.63, 3.8) is 0 Å². The summed E-state index contributed by atoms with van der Waals surface area (Å²) in [5.41, 5.74) is 0.673. The average molecular weight is 573 g/mol. The molecule has 4 aliphatic rings. The first-order valence-corrected chi connectivity index (χ1v) is 14.2. The van der Waals surface area contributed by atoms with Crippen molar-refractivity contribution < 1.29 is 38.9 Å². The van der Waals surface area contributed by atoms with Gasteiger partial charge in [0.05, 0.1) is 36.0 Å². The monoisotopic (exact) mass is 572 g/mol. The number of carbonyl (C=O) groups excluding carboxylic acids is 4. The Morgan fingerprint density at radius 1 is 1.02 bits per heavy atom. The maximum absolute atomic E-state index is 14.3. The lowest BCUT2D eigenvalue weighted by molar-refractivity contribution is -0.142. The van der Waals surface area contributed by atoms with Gasteiger partial charge in [0.15, 0.2) is 11.5 Å². The third kappa shape index (κ3) is 3.95. The van der Waals surface area contributed by atoms with Gasteiger partial charge in [0.1, 0.15) is 0 Å². The molecule has 0 spiro atoms. The van der Waals surface area contributed by atoms with Gasteiger partial charge in [-0.2, -0.15) is 0 Å². The SMILES string of the molecule is COc1ccc([C@H]2C3=CC[C@@H]4C(=O)N(CCCC(=O)O)C(=O)[C@@H]4[C@@H]3C[C@H]3C(=O)N(c4ccccc4)C(=O)[C@@]23C)cc1O. The molecular formula is C32H32N2O8. The largest absolute Gasteiger partial charge is 0.504 e. The second kappa shape index (κ2) is 10.1. The van der Waals surface area contributed by atoms with Crippen LogP contribution in [0.4, 0.5) is 5.69 Å². The highest BCUT2D eigenvalue weighted by Crippen LogP contribution is 2.63. The predicted molar refractivity (Wildman–Crippen MR) is 149 cm³/mol. The number of methoxy groups -OCH3 is 1. The number of likely N-dealkylation sites (tertiary alicyclic amines) is 1. The number of benzene rings is 2. The molecule has 2 aromatic carbocycles. The summed E-state index contributed by atoms with van der Waals surface area (Å²) in [6.45, 7) is 1.81. The molecule has 2 aromatic rings. The molecule has 218 valence electrons. The van der Waals surface area contributed by atoms with Crippen LogP contribution in [0.1, 0.15) is 44.1 Å². The van der Waals surface area contributed by atoms with Gasteiger partial charge in [0, 0.05) is 18.9 Å². The maximum atomic E-state index is 14.3. The van der Waals surface area contributed by atoms with Crippen molar-refractivity contribution in [2.24, 2.45) is 29.1 Å². The Labute approximate surface area is 242 Å². The van der Waals surface area contributed by atoms with E-state index in [9.17, 15) is 29.1 Å². The number of para-hydroxylation sites is 1. The summed E-state index contributed by atoms with van der Waals surface area (Å²) < 4.78 is 5.24. The van der Waals surface area contributed by atoms with E-state index >= 15 is 0 Å². The molecule has 2 aliphatic carbocycles. The molecule has 3 fully saturated rings. The van der Waals surface area contributed by atoms with Crippen LogP contribution in [0, 0.1) is 29.1 Å². The van der Waals surface area contributed by atoms with Crippen LogP contribution in [-0.4, -0.2) is 58.4 Å². The van der Waals surface area contributed by atoms with Gasteiger partial charge in [0.2, 0.25) is 23.6 Å². The fraction of sp³-hybridized carbons (Fsp3) is 0.406. The van der Waals surface area contributed by atoms with Crippen LogP contribution < -0.4 is 9.64 Å². The number of nitrogens with zero attached hydrogens (tertiary/aromatic N) is 2. The molecule has 0 aromatic heterocycles. The Morgan fingerprint density at radius 2 is 1.76 bits per heavy atom. The molecule has 10 heteroatoms. The summed E-state index contributed by atoms with van der Waals surface area (Å²) in [5.74, 6) is -5.46. The average Bonchev–Trinajstić information content (AvgIpc) is 3.33. The Bertz CT molecular complexity index is 1530. The number of anilines is 1. The fourth-order valence-electron chi connectivity index (χ4n) is 7.78. The van der Waals surface area contributed by atoms with Crippen LogP contribution in [0.5, 0.6) is 11.5 Å². The first kappa shape index (κ1) is 27.7. The van der Waals surface area contributed by atoms with Gasteiger partial charge in [-0.3, -0.25) is 28.9 Å². The van der Waals surface area contributed by atoms with Gasteiger partial charge in [-0.25, -0.2) is 4.90 Å². The van der Waals surface area contributed by atoms with Gasteiger partial charge >= 0.3 is 5.97 Å². The number of aromatic hydroxyl groups is 1. The second-order valence-electron chi connectivity index (χ2n) is 11.8. The Hall–Kier alpha value is -4.47. The molecule has 0 radical (unpaired) electrons. The molecule has 4 amide bonds. The summed E-state index contributed by atoms with van der Waals surface area (Å²) in [4.78, 5) is 69.0. The quantitative estimate of drug-likeness (QED) is 0.379. The lowest BCUT2D eigenvalue weighted by Gasteiger charge is -2.49. The highest BCUT2D eigenvalue weighted by Gasteiger charge is 2.67. The van der Waals surface area contributed by atoms with Crippen molar-refractivity contribution in [1.82, 2.24) is 4.90 Å². The number of carboxylic acid groups (broad SMARTS) is 1. The normalized spacial score (nSPS) is 30.1. The number of phenolic OH excluding ortho intramolecular Hbond substituents is 1. The predicted octanol–water partition coefficient (Wildman–Crippen LogP) is 3.50. The fourth-order valence-corrected chi connectivity index (χ4v) is 7.78. The lowest BCUT2D eigenvalue weighted by Crippen LogP contribution is -2.48. The lowest BCUT2D eigenvalue weighted by atomic mass is 9.51. The topological polar surface area (TPSA) is 142 Å². The van der Waals surface area contributed by atoms with Crippen LogP contribution in [0.2, 0.25) is 0 Å². The van der Waals surface area contributed by atoms with E-state index in [0.29, 0.717) is 17.7 Å². The zero-order valence-electron chi connectivity index (χ0n) is 23.4. The smallest absolute Gasteiger partial charge is 0.303 e. The molecule has 10 nitrogen and oxygen atoms in total. The first-order valence-electron chi connectivity index (χ1n) is 14.2. The number of imide groups is 2. The van der Waals surface area contributed by atoms with E-state index in [4.69, 9.17) is 9.84 Å². The number of rotatable bonds is 7. The van der Waals surface area contributed by atoms with Crippen LogP contribution >= 0.6 is 0 Å². The number of phenols is 1. The van der Waals surface area contributed by atoms with E-state index in [0.717, 1.165) is 5.57 Å². The van der Waals surface area contributed by atoms with E-state index in [1.165, 1.54) is 16.9 Å². The van der Waals surface area contributed by atoms with Crippen molar-refractivity contribution in [3.8, 4) is 11.5 Å². The number of carboxylic acids is 1. The molecule has 1 saturated carbocycles. The van der Waals surface area contributed by atoms with Gasteiger partial charge in [0.25, 0.3) is 0 Å². The van der Waals surface area contributed by atoms with Crippen LogP contribution in [0.25, 0.3) is 0 Å². The maximum Gasteiger partial charge on any atom is 0.303 e. The number of carbonyl (C=O) groups is 5. The third-order valence-corrected chi connectivity index (χ3v) is 9.69. The molecule has 2 heterocycles. The Balaban J connectivity index is 1.45. The van der Waals surface area contributed by atoms with E-state index in [2.05, 4.69) is 0 Å². The summed E-state index contributed by atoms with van der Waals surface area (Å²) in [6.07, 6.45) is 2.45. The van der Waals surface area contributed by atoms with Crippen molar-refractivity contribution in [2.45, 2.75) is 38.5 Å². The highest BCUT2D eigenvalue weighted by molar-refractivity contribution is 6.24. The van der Waals surface area contributed by atoms with Crippen molar-refractivity contribution in [3.05, 3.63) is 65.7 Å². The molecule has 6 atom stereocenters. The van der Waals surface area contributed by atoms with Gasteiger partial charge in [-0.15, -0.1) is 0 Å². The highest BCUT2D eigenvalue weighted by atomic mass is 16.5. The van der Waals surface area contributed by atoms with E-state index in [1.807, 2.05) is 6.08 Å². The van der Waals surface area contributed by atoms with Crippen molar-refractivity contribution in [2.75, 3.05) is 18.6 Å². The molecule has 0 bridgehead atoms.